The van der Waals surface area contributed by atoms with E-state index in [1.807, 2.05) is 27.7 Å². The molecule has 0 fully saturated rings. The van der Waals surface area contributed by atoms with Gasteiger partial charge in [-0.25, -0.2) is 4.79 Å². The van der Waals surface area contributed by atoms with Crippen LogP contribution in [0.2, 0.25) is 0 Å². The molecule has 2 amide bonds. The summed E-state index contributed by atoms with van der Waals surface area (Å²) in [7, 11) is 0. The van der Waals surface area contributed by atoms with Gasteiger partial charge in [-0.1, -0.05) is 0 Å². The number of benzene rings is 2. The fourth-order valence-corrected chi connectivity index (χ4v) is 2.74. The van der Waals surface area contributed by atoms with E-state index in [0.29, 0.717) is 35.7 Å². The van der Waals surface area contributed by atoms with Gasteiger partial charge in [-0.2, -0.15) is 0 Å². The highest BCUT2D eigenvalue weighted by Crippen LogP contribution is 2.15. The largest absolute Gasteiger partial charge is 0.491 e. The zero-order valence-corrected chi connectivity index (χ0v) is 17.8. The topological polar surface area (TPSA) is 84.9 Å². The molecule has 0 saturated carbocycles. The second-order valence-corrected chi connectivity index (χ2v) is 6.87. The first-order valence-electron chi connectivity index (χ1n) is 9.97. The van der Waals surface area contributed by atoms with Gasteiger partial charge in [0, 0.05) is 24.3 Å². The quantitative estimate of drug-likeness (QED) is 0.634. The van der Waals surface area contributed by atoms with Crippen LogP contribution in [0.5, 0.6) is 5.75 Å². The Morgan fingerprint density at radius 3 is 2.00 bits per heavy atom. The minimum Gasteiger partial charge on any atom is -0.491 e. The molecule has 160 valence electrons. The van der Waals surface area contributed by atoms with Gasteiger partial charge in [-0.3, -0.25) is 9.59 Å². The molecule has 2 aromatic carbocycles. The van der Waals surface area contributed by atoms with E-state index in [2.05, 4.69) is 5.32 Å². The van der Waals surface area contributed by atoms with Crippen molar-refractivity contribution in [3.8, 4) is 5.75 Å². The van der Waals surface area contributed by atoms with E-state index in [-0.39, 0.29) is 12.0 Å². The van der Waals surface area contributed by atoms with Crippen molar-refractivity contribution in [1.29, 1.82) is 0 Å². The molecule has 0 spiro atoms. The van der Waals surface area contributed by atoms with Crippen molar-refractivity contribution in [3.05, 3.63) is 59.7 Å². The average Bonchev–Trinajstić information content (AvgIpc) is 2.73. The monoisotopic (exact) mass is 412 g/mol. The molecule has 0 aliphatic carbocycles. The van der Waals surface area contributed by atoms with Gasteiger partial charge in [0.05, 0.1) is 11.7 Å². The van der Waals surface area contributed by atoms with Crippen LogP contribution in [-0.4, -0.2) is 48.5 Å². The first kappa shape index (κ1) is 22.9. The van der Waals surface area contributed by atoms with E-state index in [0.717, 1.165) is 0 Å². The third-order valence-corrected chi connectivity index (χ3v) is 4.26. The highest BCUT2D eigenvalue weighted by atomic mass is 16.5. The van der Waals surface area contributed by atoms with Gasteiger partial charge in [0.1, 0.15) is 5.75 Å². The molecule has 30 heavy (non-hydrogen) atoms. The zero-order chi connectivity index (χ0) is 22.1. The van der Waals surface area contributed by atoms with Crippen molar-refractivity contribution in [2.75, 3.05) is 25.0 Å². The lowest BCUT2D eigenvalue weighted by atomic mass is 10.2. The van der Waals surface area contributed by atoms with E-state index >= 15 is 0 Å². The summed E-state index contributed by atoms with van der Waals surface area (Å²) >= 11 is 0. The van der Waals surface area contributed by atoms with E-state index in [1.165, 1.54) is 0 Å². The average molecular weight is 412 g/mol. The van der Waals surface area contributed by atoms with Crippen LogP contribution in [0.3, 0.4) is 0 Å². The van der Waals surface area contributed by atoms with Crippen molar-refractivity contribution in [2.24, 2.45) is 0 Å². The third-order valence-electron chi connectivity index (χ3n) is 4.26. The van der Waals surface area contributed by atoms with Crippen molar-refractivity contribution < 1.29 is 23.9 Å². The molecule has 2 rings (SSSR count). The Labute approximate surface area is 177 Å². The Morgan fingerprint density at radius 1 is 0.900 bits per heavy atom. The van der Waals surface area contributed by atoms with Crippen LogP contribution in [0, 0.1) is 0 Å². The molecule has 0 saturated heterocycles. The number of anilines is 1. The number of amides is 2. The number of carbonyl (C=O) groups is 3. The molecule has 0 radical (unpaired) electrons. The normalized spacial score (nSPS) is 10.4. The second-order valence-electron chi connectivity index (χ2n) is 6.87. The van der Waals surface area contributed by atoms with Crippen LogP contribution in [0.4, 0.5) is 5.69 Å². The van der Waals surface area contributed by atoms with E-state index in [1.54, 1.807) is 53.4 Å². The van der Waals surface area contributed by atoms with Gasteiger partial charge in [0.2, 0.25) is 0 Å². The molecule has 7 nitrogen and oxygen atoms in total. The fraction of sp³-hybridized carbons (Fsp3) is 0.348. The molecular weight excluding hydrogens is 384 g/mol. The first-order valence-corrected chi connectivity index (χ1v) is 9.97. The molecule has 0 atom stereocenters. The summed E-state index contributed by atoms with van der Waals surface area (Å²) in [6, 6.07) is 13.1. The number of hydrogen-bond donors (Lipinski definition) is 1. The Balaban J connectivity index is 1.85. The Morgan fingerprint density at radius 2 is 1.47 bits per heavy atom. The van der Waals surface area contributed by atoms with E-state index in [9.17, 15) is 14.4 Å². The molecule has 0 heterocycles. The number of rotatable bonds is 9. The SMILES string of the molecule is CCN(CC)C(=O)c1ccc(NC(=O)COC(=O)c2ccc(OC(C)C)cc2)cc1. The van der Waals surface area contributed by atoms with E-state index < -0.39 is 18.5 Å². The fourth-order valence-electron chi connectivity index (χ4n) is 2.74. The molecule has 1 N–H and O–H groups in total. The van der Waals surface area contributed by atoms with Crippen LogP contribution >= 0.6 is 0 Å². The number of nitrogens with one attached hydrogen (secondary N) is 1. The lowest BCUT2D eigenvalue weighted by Crippen LogP contribution is -2.30. The van der Waals surface area contributed by atoms with Gasteiger partial charge in [-0.15, -0.1) is 0 Å². The maximum absolute atomic E-state index is 12.3. The van der Waals surface area contributed by atoms with Crippen molar-refractivity contribution in [2.45, 2.75) is 33.8 Å². The minimum absolute atomic E-state index is 0.0379. The maximum Gasteiger partial charge on any atom is 0.338 e. The molecule has 0 bridgehead atoms. The lowest BCUT2D eigenvalue weighted by molar-refractivity contribution is -0.119. The molecular formula is C23H28N2O5. The zero-order valence-electron chi connectivity index (χ0n) is 17.8. The number of esters is 1. The van der Waals surface area contributed by atoms with Crippen molar-refractivity contribution in [1.82, 2.24) is 4.90 Å². The second kappa shape index (κ2) is 11.0. The summed E-state index contributed by atoms with van der Waals surface area (Å²) in [5.41, 5.74) is 1.40. The summed E-state index contributed by atoms with van der Waals surface area (Å²) < 4.78 is 10.6. The Kier molecular flexibility index (Phi) is 8.41. The predicted molar refractivity (Wildman–Crippen MR) is 115 cm³/mol. The molecule has 7 heteroatoms. The van der Waals surface area contributed by atoms with E-state index in [4.69, 9.17) is 9.47 Å². The summed E-state index contributed by atoms with van der Waals surface area (Å²) in [5, 5.41) is 2.64. The molecule has 0 aliphatic heterocycles. The van der Waals surface area contributed by atoms with Crippen LogP contribution in [-0.2, 0) is 9.53 Å². The maximum atomic E-state index is 12.3. The standard InChI is InChI=1S/C23H28N2O5/c1-5-25(6-2)22(27)17-7-11-19(12-8-17)24-21(26)15-29-23(28)18-9-13-20(14-10-18)30-16(3)4/h7-14,16H,5-6,15H2,1-4H3,(H,24,26). The molecule has 0 aromatic heterocycles. The highest BCUT2D eigenvalue weighted by molar-refractivity contribution is 5.97. The third kappa shape index (κ3) is 6.62. The van der Waals surface area contributed by atoms with Gasteiger partial charge >= 0.3 is 5.97 Å². The van der Waals surface area contributed by atoms with Crippen molar-refractivity contribution in [3.63, 3.8) is 0 Å². The van der Waals surface area contributed by atoms with Crippen LogP contribution in [0.15, 0.2) is 48.5 Å². The van der Waals surface area contributed by atoms with Crippen LogP contribution in [0.25, 0.3) is 0 Å². The number of hydrogen-bond acceptors (Lipinski definition) is 5. The predicted octanol–water partition coefficient (Wildman–Crippen LogP) is 3.75. The Bertz CT molecular complexity index is 856. The number of nitrogens with zero attached hydrogens (tertiary/aromatic N) is 1. The van der Waals surface area contributed by atoms with Gasteiger partial charge in [-0.05, 0) is 76.2 Å². The summed E-state index contributed by atoms with van der Waals surface area (Å²) in [4.78, 5) is 38.2. The first-order chi connectivity index (χ1) is 14.3. The Hall–Kier alpha value is -3.35. The summed E-state index contributed by atoms with van der Waals surface area (Å²) in [6.45, 7) is 8.52. The molecule has 0 unspecified atom stereocenters. The number of carbonyl (C=O) groups excluding carboxylic acids is 3. The minimum atomic E-state index is -0.596. The van der Waals surface area contributed by atoms with Gasteiger partial charge in [0.25, 0.3) is 11.8 Å². The summed E-state index contributed by atoms with van der Waals surface area (Å²) in [5.74, 6) is -0.467. The smallest absolute Gasteiger partial charge is 0.338 e. The highest BCUT2D eigenvalue weighted by Gasteiger charge is 2.13. The lowest BCUT2D eigenvalue weighted by Gasteiger charge is -2.18. The van der Waals surface area contributed by atoms with Gasteiger partial charge < -0.3 is 19.7 Å². The number of ether oxygens (including phenoxy) is 2. The summed E-state index contributed by atoms with van der Waals surface area (Å²) in [6.07, 6.45) is 0.0379. The molecule has 0 aliphatic rings. The van der Waals surface area contributed by atoms with Crippen molar-refractivity contribution >= 4 is 23.5 Å². The van der Waals surface area contributed by atoms with Crippen LogP contribution in [0.1, 0.15) is 48.4 Å². The molecule has 2 aromatic rings. The van der Waals surface area contributed by atoms with Crippen LogP contribution < -0.4 is 10.1 Å². The van der Waals surface area contributed by atoms with Gasteiger partial charge in [0.15, 0.2) is 6.61 Å².